The molecule has 0 unspecified atom stereocenters. The van der Waals surface area contributed by atoms with Gasteiger partial charge in [-0.1, -0.05) is 0 Å². The molecule has 2 aromatic rings. The van der Waals surface area contributed by atoms with Crippen LogP contribution >= 0.6 is 0 Å². The Bertz CT molecular complexity index is 900. The van der Waals surface area contributed by atoms with E-state index in [1.807, 2.05) is 0 Å². The van der Waals surface area contributed by atoms with Crippen molar-refractivity contribution < 1.29 is 13.2 Å². The zero-order valence-corrected chi connectivity index (χ0v) is 13.8. The van der Waals surface area contributed by atoms with Gasteiger partial charge in [-0.3, -0.25) is 9.52 Å². The molecule has 126 valence electrons. The van der Waals surface area contributed by atoms with Crippen LogP contribution in [0.25, 0.3) is 0 Å². The first kappa shape index (κ1) is 15.2. The number of nitrogens with zero attached hydrogens (tertiary/aromatic N) is 2. The molecule has 7 nitrogen and oxygen atoms in total. The standard InChI is InChI=1S/C16H18N4O3S/c21-16-14-5-4-12(10-11(14)6-8-17-16)19-24(22,23)15-7-9-18-20(15)13-2-1-3-13/h4-5,7,9-10,13,19H,1-3,6,8H2,(H,17,21). The fourth-order valence-electron chi connectivity index (χ4n) is 3.12. The third kappa shape index (κ3) is 2.56. The van der Waals surface area contributed by atoms with Crippen molar-refractivity contribution >= 4 is 21.6 Å². The molecule has 0 radical (unpaired) electrons. The van der Waals surface area contributed by atoms with Crippen LogP contribution in [0.1, 0.15) is 41.2 Å². The SMILES string of the molecule is O=C1NCCc2cc(NS(=O)(=O)c3ccnn3C3CCC3)ccc21. The maximum atomic E-state index is 12.7. The monoisotopic (exact) mass is 346 g/mol. The molecule has 1 saturated carbocycles. The van der Waals surface area contributed by atoms with E-state index < -0.39 is 10.0 Å². The van der Waals surface area contributed by atoms with Crippen molar-refractivity contribution in [1.29, 1.82) is 0 Å². The van der Waals surface area contributed by atoms with Crippen molar-refractivity contribution in [2.45, 2.75) is 36.8 Å². The predicted octanol–water partition coefficient (Wildman–Crippen LogP) is 1.69. The number of benzene rings is 1. The van der Waals surface area contributed by atoms with Crippen molar-refractivity contribution in [2.24, 2.45) is 0 Å². The Kier molecular flexibility index (Phi) is 3.56. The summed E-state index contributed by atoms with van der Waals surface area (Å²) >= 11 is 0. The number of anilines is 1. The minimum Gasteiger partial charge on any atom is -0.352 e. The summed E-state index contributed by atoms with van der Waals surface area (Å²) in [5.74, 6) is -0.117. The summed E-state index contributed by atoms with van der Waals surface area (Å²) in [5, 5.41) is 7.13. The quantitative estimate of drug-likeness (QED) is 0.881. The second-order valence-corrected chi connectivity index (χ2v) is 7.81. The highest BCUT2D eigenvalue weighted by Gasteiger charge is 2.28. The number of rotatable bonds is 4. The van der Waals surface area contributed by atoms with Gasteiger partial charge < -0.3 is 5.32 Å². The first-order valence-electron chi connectivity index (χ1n) is 8.02. The van der Waals surface area contributed by atoms with E-state index in [-0.39, 0.29) is 17.0 Å². The molecule has 2 aliphatic rings. The van der Waals surface area contributed by atoms with Crippen LogP contribution in [0.15, 0.2) is 35.5 Å². The van der Waals surface area contributed by atoms with Crippen molar-refractivity contribution in [3.8, 4) is 0 Å². The van der Waals surface area contributed by atoms with E-state index in [1.165, 1.54) is 12.3 Å². The van der Waals surface area contributed by atoms with Crippen LogP contribution in [0.5, 0.6) is 0 Å². The molecule has 1 aliphatic heterocycles. The number of carbonyl (C=O) groups excluding carboxylic acids is 1. The molecule has 1 aromatic heterocycles. The molecule has 1 aromatic carbocycles. The van der Waals surface area contributed by atoms with Crippen LogP contribution in [-0.2, 0) is 16.4 Å². The Morgan fingerprint density at radius 2 is 2.08 bits per heavy atom. The fraction of sp³-hybridized carbons (Fsp3) is 0.375. The minimum absolute atomic E-state index is 0.117. The molecule has 0 atom stereocenters. The van der Waals surface area contributed by atoms with Crippen molar-refractivity contribution in [2.75, 3.05) is 11.3 Å². The first-order chi connectivity index (χ1) is 11.5. The van der Waals surface area contributed by atoms with Crippen LogP contribution in [-0.4, -0.2) is 30.7 Å². The number of amides is 1. The Morgan fingerprint density at radius 3 is 2.83 bits per heavy atom. The topological polar surface area (TPSA) is 93.1 Å². The van der Waals surface area contributed by atoms with E-state index in [2.05, 4.69) is 15.1 Å². The van der Waals surface area contributed by atoms with Gasteiger partial charge in [0.2, 0.25) is 0 Å². The number of nitrogens with one attached hydrogen (secondary N) is 2. The summed E-state index contributed by atoms with van der Waals surface area (Å²) in [4.78, 5) is 11.8. The summed E-state index contributed by atoms with van der Waals surface area (Å²) in [7, 11) is -3.71. The van der Waals surface area contributed by atoms with E-state index >= 15 is 0 Å². The van der Waals surface area contributed by atoms with Crippen molar-refractivity contribution in [3.63, 3.8) is 0 Å². The lowest BCUT2D eigenvalue weighted by Crippen LogP contribution is -2.31. The molecule has 24 heavy (non-hydrogen) atoms. The van der Waals surface area contributed by atoms with Crippen LogP contribution in [0.2, 0.25) is 0 Å². The molecule has 0 bridgehead atoms. The molecule has 1 aliphatic carbocycles. The Hall–Kier alpha value is -2.35. The van der Waals surface area contributed by atoms with Gasteiger partial charge in [-0.2, -0.15) is 13.5 Å². The van der Waals surface area contributed by atoms with Gasteiger partial charge in [0, 0.05) is 17.8 Å². The third-order valence-electron chi connectivity index (χ3n) is 4.61. The average molecular weight is 346 g/mol. The first-order valence-corrected chi connectivity index (χ1v) is 9.50. The van der Waals surface area contributed by atoms with Crippen molar-refractivity contribution in [3.05, 3.63) is 41.6 Å². The number of hydrogen-bond donors (Lipinski definition) is 2. The van der Waals surface area contributed by atoms with E-state index in [1.54, 1.807) is 22.9 Å². The molecule has 2 heterocycles. The van der Waals surface area contributed by atoms with E-state index in [4.69, 9.17) is 0 Å². The van der Waals surface area contributed by atoms with Gasteiger partial charge in [-0.05, 0) is 55.5 Å². The van der Waals surface area contributed by atoms with Crippen molar-refractivity contribution in [1.82, 2.24) is 15.1 Å². The zero-order chi connectivity index (χ0) is 16.7. The average Bonchev–Trinajstić information content (AvgIpc) is 2.95. The second kappa shape index (κ2) is 5.62. The van der Waals surface area contributed by atoms with Gasteiger partial charge in [-0.15, -0.1) is 0 Å². The van der Waals surface area contributed by atoms with Gasteiger partial charge >= 0.3 is 0 Å². The molecule has 1 fully saturated rings. The van der Waals surface area contributed by atoms with Gasteiger partial charge in [0.25, 0.3) is 15.9 Å². The molecule has 2 N–H and O–H groups in total. The molecule has 0 spiro atoms. The number of aromatic nitrogens is 2. The molecule has 8 heteroatoms. The summed E-state index contributed by atoms with van der Waals surface area (Å²) in [5.41, 5.74) is 1.92. The maximum Gasteiger partial charge on any atom is 0.279 e. The van der Waals surface area contributed by atoms with Gasteiger partial charge in [0.05, 0.1) is 12.2 Å². The van der Waals surface area contributed by atoms with E-state index in [0.29, 0.717) is 24.2 Å². The van der Waals surface area contributed by atoms with Gasteiger partial charge in [0.15, 0.2) is 5.03 Å². The van der Waals surface area contributed by atoms with Crippen LogP contribution in [0.3, 0.4) is 0 Å². The van der Waals surface area contributed by atoms with Crippen LogP contribution in [0, 0.1) is 0 Å². The zero-order valence-electron chi connectivity index (χ0n) is 13.0. The molecule has 4 rings (SSSR count). The lowest BCUT2D eigenvalue weighted by Gasteiger charge is -2.27. The lowest BCUT2D eigenvalue weighted by atomic mass is 9.93. The summed E-state index contributed by atoms with van der Waals surface area (Å²) in [6.07, 6.45) is 5.22. The third-order valence-corrected chi connectivity index (χ3v) is 5.99. The second-order valence-electron chi connectivity index (χ2n) is 6.18. The summed E-state index contributed by atoms with van der Waals surface area (Å²) < 4.78 is 29.6. The Morgan fingerprint density at radius 1 is 1.25 bits per heavy atom. The van der Waals surface area contributed by atoms with E-state index in [9.17, 15) is 13.2 Å². The highest BCUT2D eigenvalue weighted by atomic mass is 32.2. The molecule has 1 amide bonds. The van der Waals surface area contributed by atoms with Crippen LogP contribution < -0.4 is 10.0 Å². The highest BCUT2D eigenvalue weighted by Crippen LogP contribution is 2.33. The smallest absolute Gasteiger partial charge is 0.279 e. The largest absolute Gasteiger partial charge is 0.352 e. The minimum atomic E-state index is -3.71. The van der Waals surface area contributed by atoms with E-state index in [0.717, 1.165) is 24.8 Å². The van der Waals surface area contributed by atoms with Crippen LogP contribution in [0.4, 0.5) is 5.69 Å². The lowest BCUT2D eigenvalue weighted by molar-refractivity contribution is 0.0946. The number of fused-ring (bicyclic) bond motifs is 1. The molecular weight excluding hydrogens is 328 g/mol. The maximum absolute atomic E-state index is 12.7. The highest BCUT2D eigenvalue weighted by molar-refractivity contribution is 7.92. The van der Waals surface area contributed by atoms with Gasteiger partial charge in [0.1, 0.15) is 0 Å². The Labute approximate surface area is 140 Å². The number of carbonyl (C=O) groups is 1. The molecular formula is C16H18N4O3S. The summed E-state index contributed by atoms with van der Waals surface area (Å²) in [6, 6.07) is 6.69. The fourth-order valence-corrected chi connectivity index (χ4v) is 4.34. The molecule has 0 saturated heterocycles. The van der Waals surface area contributed by atoms with Gasteiger partial charge in [-0.25, -0.2) is 4.68 Å². The predicted molar refractivity (Wildman–Crippen MR) is 88.4 cm³/mol. The number of sulfonamides is 1. The summed E-state index contributed by atoms with van der Waals surface area (Å²) in [6.45, 7) is 0.566. The Balaban J connectivity index is 1.63. The number of hydrogen-bond acceptors (Lipinski definition) is 4. The normalized spacial score (nSPS) is 17.8.